The van der Waals surface area contributed by atoms with Gasteiger partial charge in [-0.15, -0.1) is 0 Å². The molecule has 0 radical (unpaired) electrons. The van der Waals surface area contributed by atoms with Gasteiger partial charge in [0.2, 0.25) is 0 Å². The molecule has 1 rings (SSSR count). The number of amides is 2. The topological polar surface area (TPSA) is 78.9 Å². The van der Waals surface area contributed by atoms with Crippen LogP contribution in [0.4, 0.5) is 14.9 Å². The van der Waals surface area contributed by atoms with Crippen LogP contribution >= 0.6 is 0 Å². The summed E-state index contributed by atoms with van der Waals surface area (Å²) >= 11 is 0. The number of carboxylic acid groups (broad SMARTS) is 1. The molecule has 1 aromatic rings. The third-order valence-electron chi connectivity index (χ3n) is 3.01. The Morgan fingerprint density at radius 2 is 2.14 bits per heavy atom. The molecule has 21 heavy (non-hydrogen) atoms. The average molecular weight is 298 g/mol. The fourth-order valence-electron chi connectivity index (χ4n) is 1.95. The lowest BCUT2D eigenvalue weighted by atomic mass is 10.2. The van der Waals surface area contributed by atoms with E-state index in [0.29, 0.717) is 12.2 Å². The lowest BCUT2D eigenvalue weighted by Crippen LogP contribution is -2.42. The summed E-state index contributed by atoms with van der Waals surface area (Å²) in [5.74, 6) is -1.48. The number of carbonyl (C=O) groups excluding carboxylic acids is 1. The maximum Gasteiger partial charge on any atom is 0.322 e. The van der Waals surface area contributed by atoms with Crippen LogP contribution in [-0.2, 0) is 4.79 Å². The van der Waals surface area contributed by atoms with Gasteiger partial charge in [-0.25, -0.2) is 9.18 Å². The molecule has 6 nitrogen and oxygen atoms in total. The van der Waals surface area contributed by atoms with Crippen LogP contribution in [0.25, 0.3) is 0 Å². The van der Waals surface area contributed by atoms with Crippen LogP contribution in [0.5, 0.6) is 5.75 Å². The Hall–Kier alpha value is -2.31. The van der Waals surface area contributed by atoms with E-state index in [0.717, 1.165) is 0 Å². The zero-order valence-corrected chi connectivity index (χ0v) is 12.2. The number of benzene rings is 1. The minimum Gasteiger partial charge on any atom is -0.494 e. The van der Waals surface area contributed by atoms with Gasteiger partial charge in [-0.1, -0.05) is 0 Å². The average Bonchev–Trinajstić information content (AvgIpc) is 2.40. The van der Waals surface area contributed by atoms with Gasteiger partial charge in [0.15, 0.2) is 11.6 Å². The number of methoxy groups -OCH3 is 1. The van der Waals surface area contributed by atoms with Crippen LogP contribution in [0.1, 0.15) is 20.3 Å². The summed E-state index contributed by atoms with van der Waals surface area (Å²) in [7, 11) is 1.33. The molecule has 0 bridgehead atoms. The molecule has 0 heterocycles. The highest BCUT2D eigenvalue weighted by molar-refractivity contribution is 5.90. The third kappa shape index (κ3) is 4.62. The van der Waals surface area contributed by atoms with Gasteiger partial charge in [0.05, 0.1) is 13.5 Å². The van der Waals surface area contributed by atoms with Crippen molar-refractivity contribution in [3.8, 4) is 5.75 Å². The van der Waals surface area contributed by atoms with Gasteiger partial charge in [0.25, 0.3) is 0 Å². The van der Waals surface area contributed by atoms with Crippen molar-refractivity contribution >= 4 is 17.7 Å². The molecule has 7 heteroatoms. The fraction of sp³-hybridized carbons (Fsp3) is 0.429. The van der Waals surface area contributed by atoms with Crippen molar-refractivity contribution in [2.45, 2.75) is 26.3 Å². The molecule has 1 aromatic carbocycles. The molecular weight excluding hydrogens is 279 g/mol. The largest absolute Gasteiger partial charge is 0.494 e. The van der Waals surface area contributed by atoms with E-state index in [-0.39, 0.29) is 12.2 Å². The molecular formula is C14H19FN2O4. The molecule has 0 aliphatic heterocycles. The molecule has 0 fully saturated rings. The Morgan fingerprint density at radius 1 is 1.48 bits per heavy atom. The van der Waals surface area contributed by atoms with Crippen molar-refractivity contribution < 1.29 is 23.8 Å². The summed E-state index contributed by atoms with van der Waals surface area (Å²) in [6.07, 6.45) is -0.145. The van der Waals surface area contributed by atoms with Crippen LogP contribution in [-0.4, -0.2) is 41.7 Å². The zero-order valence-electron chi connectivity index (χ0n) is 12.2. The molecule has 0 aliphatic rings. The van der Waals surface area contributed by atoms with E-state index in [1.165, 1.54) is 30.2 Å². The summed E-state index contributed by atoms with van der Waals surface area (Å²) < 4.78 is 18.1. The number of hydrogen-bond acceptors (Lipinski definition) is 3. The summed E-state index contributed by atoms with van der Waals surface area (Å²) in [4.78, 5) is 24.2. The Balaban J connectivity index is 2.80. The SMILES string of the molecule is CCN(C(=O)Nc1ccc(F)c(OC)c1)C(C)CC(=O)O. The second-order valence-electron chi connectivity index (χ2n) is 4.51. The number of carbonyl (C=O) groups is 2. The van der Waals surface area contributed by atoms with Gasteiger partial charge in [0, 0.05) is 24.3 Å². The van der Waals surface area contributed by atoms with Gasteiger partial charge in [-0.2, -0.15) is 0 Å². The molecule has 0 aromatic heterocycles. The first-order valence-corrected chi connectivity index (χ1v) is 6.52. The first kappa shape index (κ1) is 16.7. The Morgan fingerprint density at radius 3 is 2.67 bits per heavy atom. The number of hydrogen-bond donors (Lipinski definition) is 2. The van der Waals surface area contributed by atoms with Crippen molar-refractivity contribution in [1.82, 2.24) is 4.90 Å². The van der Waals surface area contributed by atoms with E-state index >= 15 is 0 Å². The van der Waals surface area contributed by atoms with Crippen LogP contribution in [0, 0.1) is 5.82 Å². The standard InChI is InChI=1S/C14H19FN2O4/c1-4-17(9(2)7-13(18)19)14(20)16-10-5-6-11(15)12(8-10)21-3/h5-6,8-9H,4,7H2,1-3H3,(H,16,20)(H,18,19). The number of nitrogens with one attached hydrogen (secondary N) is 1. The first-order valence-electron chi connectivity index (χ1n) is 6.52. The number of ether oxygens (including phenoxy) is 1. The Labute approximate surface area is 122 Å². The minimum atomic E-state index is -0.975. The molecule has 116 valence electrons. The monoisotopic (exact) mass is 298 g/mol. The number of carboxylic acids is 1. The second kappa shape index (κ2) is 7.47. The number of halogens is 1. The van der Waals surface area contributed by atoms with Gasteiger partial charge in [0.1, 0.15) is 0 Å². The third-order valence-corrected chi connectivity index (χ3v) is 3.01. The molecule has 0 aliphatic carbocycles. The normalized spacial score (nSPS) is 11.6. The van der Waals surface area contributed by atoms with Crippen LogP contribution < -0.4 is 10.1 Å². The zero-order chi connectivity index (χ0) is 16.0. The summed E-state index contributed by atoms with van der Waals surface area (Å²) in [5.41, 5.74) is 0.374. The number of rotatable bonds is 6. The predicted molar refractivity (Wildman–Crippen MR) is 76.1 cm³/mol. The predicted octanol–water partition coefficient (Wildman–Crippen LogP) is 2.55. The summed E-state index contributed by atoms with van der Waals surface area (Å²) in [6, 6.07) is 3.06. The summed E-state index contributed by atoms with van der Waals surface area (Å²) in [5, 5.41) is 11.4. The lowest BCUT2D eigenvalue weighted by Gasteiger charge is -2.27. The highest BCUT2D eigenvalue weighted by atomic mass is 19.1. The number of anilines is 1. The summed E-state index contributed by atoms with van der Waals surface area (Å²) in [6.45, 7) is 3.77. The molecule has 1 unspecified atom stereocenters. The molecule has 1 atom stereocenters. The number of urea groups is 1. The quantitative estimate of drug-likeness (QED) is 0.846. The van der Waals surface area contributed by atoms with E-state index in [4.69, 9.17) is 9.84 Å². The lowest BCUT2D eigenvalue weighted by molar-refractivity contribution is -0.137. The van der Waals surface area contributed by atoms with Crippen molar-refractivity contribution in [2.75, 3.05) is 19.0 Å². The van der Waals surface area contributed by atoms with Crippen LogP contribution in [0.15, 0.2) is 18.2 Å². The Bertz CT molecular complexity index is 522. The Kier molecular flexibility index (Phi) is 5.95. The van der Waals surface area contributed by atoms with E-state index in [2.05, 4.69) is 5.32 Å². The molecule has 2 N–H and O–H groups in total. The van der Waals surface area contributed by atoms with Crippen molar-refractivity contribution in [3.63, 3.8) is 0 Å². The number of aliphatic carboxylic acids is 1. The van der Waals surface area contributed by atoms with Gasteiger partial charge in [-0.05, 0) is 26.0 Å². The van der Waals surface area contributed by atoms with E-state index in [1.807, 2.05) is 0 Å². The number of nitrogens with zero attached hydrogens (tertiary/aromatic N) is 1. The molecule has 0 spiro atoms. The second-order valence-corrected chi connectivity index (χ2v) is 4.51. The highest BCUT2D eigenvalue weighted by Gasteiger charge is 2.21. The van der Waals surface area contributed by atoms with E-state index in [1.54, 1.807) is 13.8 Å². The van der Waals surface area contributed by atoms with Crippen molar-refractivity contribution in [3.05, 3.63) is 24.0 Å². The minimum absolute atomic E-state index is 0.0226. The van der Waals surface area contributed by atoms with E-state index in [9.17, 15) is 14.0 Å². The van der Waals surface area contributed by atoms with E-state index < -0.39 is 23.9 Å². The molecule has 0 saturated heterocycles. The van der Waals surface area contributed by atoms with Gasteiger partial charge in [-0.3, -0.25) is 4.79 Å². The van der Waals surface area contributed by atoms with Crippen LogP contribution in [0.3, 0.4) is 0 Å². The van der Waals surface area contributed by atoms with Gasteiger partial charge >= 0.3 is 12.0 Å². The smallest absolute Gasteiger partial charge is 0.322 e. The molecule has 0 saturated carbocycles. The fourth-order valence-corrected chi connectivity index (χ4v) is 1.95. The maximum absolute atomic E-state index is 13.3. The van der Waals surface area contributed by atoms with Gasteiger partial charge < -0.3 is 20.1 Å². The first-order chi connectivity index (χ1) is 9.88. The highest BCUT2D eigenvalue weighted by Crippen LogP contribution is 2.22. The maximum atomic E-state index is 13.3. The molecule has 2 amide bonds. The van der Waals surface area contributed by atoms with Crippen molar-refractivity contribution in [1.29, 1.82) is 0 Å². The van der Waals surface area contributed by atoms with Crippen molar-refractivity contribution in [2.24, 2.45) is 0 Å². The van der Waals surface area contributed by atoms with Crippen LogP contribution in [0.2, 0.25) is 0 Å².